The molecule has 0 bridgehead atoms. The fraction of sp³-hybridized carbons (Fsp3) is 0.256. The minimum atomic E-state index is -3.94. The van der Waals surface area contributed by atoms with Gasteiger partial charge in [0.1, 0.15) is 17.4 Å². The van der Waals surface area contributed by atoms with Gasteiger partial charge < -0.3 is 37.7 Å². The van der Waals surface area contributed by atoms with Crippen molar-refractivity contribution in [2.75, 3.05) is 58.2 Å². The first kappa shape index (κ1) is 51.3. The van der Waals surface area contributed by atoms with Crippen LogP contribution in [0.15, 0.2) is 104 Å². The van der Waals surface area contributed by atoms with Crippen LogP contribution in [0.2, 0.25) is 0 Å². The maximum Gasteiger partial charge on any atom is 0.275 e. The third-order valence-electron chi connectivity index (χ3n) is 9.78. The van der Waals surface area contributed by atoms with Crippen LogP contribution in [0.3, 0.4) is 0 Å². The largest absolute Gasteiger partial charge is 0.451 e. The number of aliphatic imine (C=N–C) groups is 2. The Morgan fingerprint density at radius 2 is 1.00 bits per heavy atom. The van der Waals surface area contributed by atoms with Crippen LogP contribution < -0.4 is 42.4 Å². The molecule has 24 heteroatoms. The molecule has 0 aliphatic carbocycles. The molecule has 1 heterocycles. The zero-order valence-electron chi connectivity index (χ0n) is 36.1. The van der Waals surface area contributed by atoms with Gasteiger partial charge in [0.05, 0.1) is 9.79 Å². The fourth-order valence-corrected chi connectivity index (χ4v) is 8.53. The number of nitrogens with one attached hydrogen (secondary N) is 2. The fourth-order valence-electron chi connectivity index (χ4n) is 6.38. The summed E-state index contributed by atoms with van der Waals surface area (Å²) in [7, 11) is -7.73. The summed E-state index contributed by atoms with van der Waals surface area (Å²) in [5.74, 6) is -8.67. The van der Waals surface area contributed by atoms with Crippen LogP contribution in [0.5, 0.6) is 23.0 Å². The zero-order valence-corrected chi connectivity index (χ0v) is 37.8. The number of ether oxygens (including phenoxy) is 2. The molecular weight excluding hydrogens is 925 g/mol. The molecule has 1 fully saturated rings. The molecule has 0 spiro atoms. The molecule has 67 heavy (non-hydrogen) atoms. The van der Waals surface area contributed by atoms with Crippen molar-refractivity contribution in [2.45, 2.75) is 23.6 Å². The Morgan fingerprint density at radius 1 is 0.627 bits per heavy atom. The van der Waals surface area contributed by atoms with Crippen LogP contribution in [0.1, 0.15) is 25.0 Å². The van der Waals surface area contributed by atoms with Crippen molar-refractivity contribution in [2.24, 2.45) is 32.9 Å². The van der Waals surface area contributed by atoms with E-state index in [0.717, 1.165) is 24.3 Å². The van der Waals surface area contributed by atoms with Crippen LogP contribution in [0.25, 0.3) is 12.2 Å². The van der Waals surface area contributed by atoms with Crippen molar-refractivity contribution in [3.05, 3.63) is 118 Å². The lowest BCUT2D eigenvalue weighted by atomic mass is 10.1. The van der Waals surface area contributed by atoms with Gasteiger partial charge in [0.2, 0.25) is 10.0 Å². The normalized spacial score (nSPS) is 14.1. The van der Waals surface area contributed by atoms with Gasteiger partial charge in [-0.25, -0.2) is 39.1 Å². The first-order valence-corrected chi connectivity index (χ1v) is 23.3. The number of halogens is 4. The molecule has 2 amide bonds. The molecule has 5 rings (SSSR count). The van der Waals surface area contributed by atoms with E-state index in [4.69, 9.17) is 32.4 Å². The lowest BCUT2D eigenvalue weighted by Crippen LogP contribution is -2.49. The van der Waals surface area contributed by atoms with Crippen LogP contribution in [0, 0.1) is 23.3 Å². The Labute approximate surface area is 384 Å². The number of nitrogens with zero attached hydrogens (tertiary/aromatic N) is 4. The predicted octanol–water partition coefficient (Wildman–Crippen LogP) is 3.15. The van der Waals surface area contributed by atoms with E-state index < -0.39 is 78.4 Å². The SMILES string of the molecule is C/C(=C\c1cc(F)c(Oc2ccc(S(=O)(=O)CNCCN3CCN(CCNS(=O)(=O)c4ccc(Oc5c(F)cc(/C=C(\C)C(=O)N=C(N)N)cc5F)cc4)CC3)cc2)c(F)c1)C(=O)N=C(N)N. The Balaban J connectivity index is 1.01. The number of hydrogen-bond acceptors (Lipinski definition) is 11. The molecule has 4 aromatic carbocycles. The topological polar surface area (TPSA) is 280 Å². The molecule has 0 saturated carbocycles. The van der Waals surface area contributed by atoms with Gasteiger partial charge in [-0.3, -0.25) is 19.4 Å². The highest BCUT2D eigenvalue weighted by atomic mass is 32.2. The van der Waals surface area contributed by atoms with Gasteiger partial charge in [0.15, 0.2) is 56.5 Å². The molecule has 1 aliphatic rings. The summed E-state index contributed by atoms with van der Waals surface area (Å²) in [5.41, 5.74) is 20.8. The lowest BCUT2D eigenvalue weighted by Gasteiger charge is -2.34. The average molecular weight is 973 g/mol. The van der Waals surface area contributed by atoms with Crippen LogP contribution in [-0.4, -0.2) is 109 Å². The van der Waals surface area contributed by atoms with E-state index in [0.29, 0.717) is 45.8 Å². The van der Waals surface area contributed by atoms with Gasteiger partial charge in [-0.1, -0.05) is 0 Å². The second-order valence-electron chi connectivity index (χ2n) is 15.0. The van der Waals surface area contributed by atoms with Crippen molar-refractivity contribution in [3.8, 4) is 23.0 Å². The second kappa shape index (κ2) is 22.7. The smallest absolute Gasteiger partial charge is 0.275 e. The van der Waals surface area contributed by atoms with E-state index in [-0.39, 0.29) is 56.0 Å². The highest BCUT2D eigenvalue weighted by molar-refractivity contribution is 7.91. The Kier molecular flexibility index (Phi) is 17.3. The van der Waals surface area contributed by atoms with E-state index in [1.807, 2.05) is 0 Å². The average Bonchev–Trinajstić information content (AvgIpc) is 3.25. The third-order valence-corrected chi connectivity index (χ3v) is 12.8. The molecule has 4 aromatic rings. The Hall–Kier alpha value is -6.70. The monoisotopic (exact) mass is 972 g/mol. The standard InChI is InChI=1S/C43H48F4N10O8S2/c1-26(40(58)54-42(48)49)19-28-21-34(44)38(35(45)22-28)64-30-3-7-32(8-4-30)66(60,61)25-52-11-13-56-15-17-57(18-16-56)14-12-53-67(62,63)33-9-5-31(6-10-33)65-39-36(46)23-29(24-37(39)47)20-27(2)41(59)55-43(50)51/h3-10,19-24,52-53H,11-18,25H2,1-2H3,(H4,48,49,54,58)(H4,50,51,55,59)/b26-19+,27-20+. The number of hydrogen-bond donors (Lipinski definition) is 6. The maximum atomic E-state index is 14.8. The van der Waals surface area contributed by atoms with Gasteiger partial charge in [-0.15, -0.1) is 0 Å². The van der Waals surface area contributed by atoms with Gasteiger partial charge in [0, 0.05) is 63.5 Å². The molecule has 0 unspecified atom stereocenters. The van der Waals surface area contributed by atoms with Gasteiger partial charge in [0.25, 0.3) is 11.8 Å². The second-order valence-corrected chi connectivity index (χ2v) is 18.7. The summed E-state index contributed by atoms with van der Waals surface area (Å²) < 4.78 is 124. The molecule has 1 aliphatic heterocycles. The van der Waals surface area contributed by atoms with Crippen molar-refractivity contribution in [1.82, 2.24) is 19.8 Å². The van der Waals surface area contributed by atoms with E-state index in [1.54, 1.807) is 0 Å². The zero-order chi connectivity index (χ0) is 49.1. The quantitative estimate of drug-likeness (QED) is 0.0259. The number of guanidine groups is 2. The van der Waals surface area contributed by atoms with Crippen molar-refractivity contribution < 1.29 is 53.5 Å². The molecule has 1 saturated heterocycles. The minimum Gasteiger partial charge on any atom is -0.451 e. The van der Waals surface area contributed by atoms with E-state index in [2.05, 4.69) is 29.8 Å². The lowest BCUT2D eigenvalue weighted by molar-refractivity contribution is -0.115. The number of amides is 2. The molecule has 0 atom stereocenters. The van der Waals surface area contributed by atoms with Gasteiger partial charge in [-0.05, 0) is 110 Å². The number of piperazine rings is 1. The van der Waals surface area contributed by atoms with E-state index in [9.17, 15) is 44.0 Å². The van der Waals surface area contributed by atoms with Gasteiger partial charge in [-0.2, -0.15) is 9.98 Å². The number of sulfone groups is 1. The minimum absolute atomic E-state index is 0.0111. The van der Waals surface area contributed by atoms with E-state index >= 15 is 0 Å². The molecular formula is C43H48F4N10O8S2. The first-order chi connectivity index (χ1) is 31.6. The Morgan fingerprint density at radius 3 is 1.39 bits per heavy atom. The number of nitrogens with two attached hydrogens (primary N) is 4. The first-order valence-electron chi connectivity index (χ1n) is 20.2. The molecule has 10 N–H and O–H groups in total. The van der Waals surface area contributed by atoms with E-state index in [1.165, 1.54) is 74.5 Å². The predicted molar refractivity (Wildman–Crippen MR) is 243 cm³/mol. The molecule has 358 valence electrons. The molecule has 0 aromatic heterocycles. The number of carbonyl (C=O) groups is 2. The molecule has 18 nitrogen and oxygen atoms in total. The Bertz CT molecular complexity index is 2770. The van der Waals surface area contributed by atoms with Gasteiger partial charge >= 0.3 is 0 Å². The summed E-state index contributed by atoms with van der Waals surface area (Å²) in [4.78, 5) is 34.6. The highest BCUT2D eigenvalue weighted by Crippen LogP contribution is 2.32. The summed E-state index contributed by atoms with van der Waals surface area (Å²) in [5, 5.41) is 2.93. The summed E-state index contributed by atoms with van der Waals surface area (Å²) in [6.07, 6.45) is 2.39. The summed E-state index contributed by atoms with van der Waals surface area (Å²) in [6, 6.07) is 13.8. The third kappa shape index (κ3) is 14.9. The number of carbonyl (C=O) groups excluding carboxylic acids is 2. The molecule has 0 radical (unpaired) electrons. The summed E-state index contributed by atoms with van der Waals surface area (Å²) in [6.45, 7) is 6.74. The van der Waals surface area contributed by atoms with Crippen molar-refractivity contribution in [1.29, 1.82) is 0 Å². The highest BCUT2D eigenvalue weighted by Gasteiger charge is 2.21. The van der Waals surface area contributed by atoms with Crippen LogP contribution in [0.4, 0.5) is 17.6 Å². The maximum absolute atomic E-state index is 14.8. The van der Waals surface area contributed by atoms with Crippen LogP contribution >= 0.6 is 0 Å². The van der Waals surface area contributed by atoms with Crippen molar-refractivity contribution >= 4 is 55.7 Å². The van der Waals surface area contributed by atoms with Crippen LogP contribution in [-0.2, 0) is 29.4 Å². The summed E-state index contributed by atoms with van der Waals surface area (Å²) >= 11 is 0. The van der Waals surface area contributed by atoms with Crippen molar-refractivity contribution in [3.63, 3.8) is 0 Å². The number of sulfonamides is 1. The number of benzene rings is 4. The number of rotatable bonds is 19.